The number of halogens is 2. The van der Waals surface area contributed by atoms with Crippen molar-refractivity contribution in [2.45, 2.75) is 35.5 Å². The van der Waals surface area contributed by atoms with Crippen molar-refractivity contribution in [1.82, 2.24) is 9.88 Å². The lowest BCUT2D eigenvalue weighted by molar-refractivity contribution is -0.142. The molecule has 178 valence electrons. The summed E-state index contributed by atoms with van der Waals surface area (Å²) in [5.74, 6) is -2.21. The van der Waals surface area contributed by atoms with Crippen molar-refractivity contribution < 1.29 is 19.5 Å². The van der Waals surface area contributed by atoms with Gasteiger partial charge < -0.3 is 10.1 Å². The van der Waals surface area contributed by atoms with Crippen LogP contribution in [-0.2, 0) is 14.4 Å². The number of benzene rings is 1. The van der Waals surface area contributed by atoms with Crippen LogP contribution in [0.1, 0.15) is 35.6 Å². The van der Waals surface area contributed by atoms with Crippen molar-refractivity contribution in [2.75, 3.05) is 6.54 Å². The first-order valence-electron chi connectivity index (χ1n) is 11.2. The predicted molar refractivity (Wildman–Crippen MR) is 129 cm³/mol. The number of carbonyl (C=O) groups excluding carboxylic acids is 2. The Morgan fingerprint density at radius 1 is 1.15 bits per heavy atom. The molecule has 3 fully saturated rings. The number of nitrogens with one attached hydrogen (secondary N) is 1. The van der Waals surface area contributed by atoms with Crippen LogP contribution in [-0.4, -0.2) is 44.6 Å². The largest absolute Gasteiger partial charge is 0.481 e. The summed E-state index contributed by atoms with van der Waals surface area (Å²) in [6.07, 6.45) is 0.956. The molecule has 3 heterocycles. The number of likely N-dealkylation sites (tertiary alicyclic amines) is 1. The molecule has 0 radical (unpaired) electrons. The van der Waals surface area contributed by atoms with E-state index in [1.165, 1.54) is 16.2 Å². The van der Waals surface area contributed by atoms with Gasteiger partial charge >= 0.3 is 10.8 Å². The van der Waals surface area contributed by atoms with Crippen molar-refractivity contribution in [3.8, 4) is 0 Å². The van der Waals surface area contributed by atoms with E-state index < -0.39 is 11.9 Å². The van der Waals surface area contributed by atoms with Gasteiger partial charge in [0, 0.05) is 29.0 Å². The highest BCUT2D eigenvalue weighted by molar-refractivity contribution is 8.00. The van der Waals surface area contributed by atoms with Gasteiger partial charge in [-0.25, -0.2) is 0 Å². The number of amides is 2. The van der Waals surface area contributed by atoms with Crippen LogP contribution in [0.4, 0.5) is 0 Å². The summed E-state index contributed by atoms with van der Waals surface area (Å²) in [4.78, 5) is 54.9. The number of hydrogen-bond donors (Lipinski definition) is 2. The fraction of sp³-hybridized carbons (Fsp3) is 0.478. The molecule has 0 spiro atoms. The minimum atomic E-state index is -0.942. The molecule has 2 bridgehead atoms. The Morgan fingerprint density at radius 2 is 1.88 bits per heavy atom. The van der Waals surface area contributed by atoms with Crippen LogP contribution in [0.2, 0.25) is 10.0 Å². The van der Waals surface area contributed by atoms with E-state index in [9.17, 15) is 19.2 Å². The van der Waals surface area contributed by atoms with Crippen LogP contribution in [0.25, 0.3) is 0 Å². The number of thiazole rings is 1. The van der Waals surface area contributed by atoms with Crippen molar-refractivity contribution >= 4 is 64.1 Å². The summed E-state index contributed by atoms with van der Waals surface area (Å²) in [6.45, 7) is 0.142. The molecule has 2 aliphatic carbocycles. The van der Waals surface area contributed by atoms with E-state index in [1.54, 1.807) is 17.8 Å². The number of thioether (sulfide) groups is 1. The first-order valence-corrected chi connectivity index (χ1v) is 13.6. The van der Waals surface area contributed by atoms with E-state index >= 15 is 0 Å². The maximum absolute atomic E-state index is 13.4. The van der Waals surface area contributed by atoms with Gasteiger partial charge in [-0.1, -0.05) is 46.7 Å². The SMILES string of the molecule is O=C(O)CCCN1C(=O)C2C3CC(C2C1=O)C1C(c2cccc(Cl)c2Cl)c2sc(=O)[nH]c2SC31. The molecule has 2 amide bonds. The smallest absolute Gasteiger partial charge is 0.305 e. The van der Waals surface area contributed by atoms with E-state index in [4.69, 9.17) is 28.3 Å². The zero-order valence-corrected chi connectivity index (χ0v) is 20.8. The molecule has 11 heteroatoms. The summed E-state index contributed by atoms with van der Waals surface area (Å²) in [5, 5.41) is 10.7. The van der Waals surface area contributed by atoms with Crippen LogP contribution in [0, 0.1) is 29.6 Å². The maximum Gasteiger partial charge on any atom is 0.305 e. The van der Waals surface area contributed by atoms with Gasteiger partial charge in [-0.2, -0.15) is 0 Å². The monoisotopic (exact) mass is 538 g/mol. The molecule has 7 nitrogen and oxygen atoms in total. The van der Waals surface area contributed by atoms with Gasteiger partial charge in [-0.3, -0.25) is 24.1 Å². The van der Waals surface area contributed by atoms with Gasteiger partial charge in [0.25, 0.3) is 0 Å². The van der Waals surface area contributed by atoms with E-state index in [2.05, 4.69) is 4.98 Å². The number of aliphatic carboxylic acids is 1. The second-order valence-electron chi connectivity index (χ2n) is 9.43. The topological polar surface area (TPSA) is 108 Å². The van der Waals surface area contributed by atoms with E-state index in [0.29, 0.717) is 10.0 Å². The second-order valence-corrected chi connectivity index (χ2v) is 12.4. The van der Waals surface area contributed by atoms with Crippen molar-refractivity contribution in [2.24, 2.45) is 29.6 Å². The lowest BCUT2D eigenvalue weighted by atomic mass is 9.68. The molecule has 2 saturated carbocycles. The molecule has 2 N–H and O–H groups in total. The molecule has 6 rings (SSSR count). The number of carbonyl (C=O) groups is 3. The molecule has 7 atom stereocenters. The number of aromatic amines is 1. The first kappa shape index (κ1) is 22.6. The molecule has 4 aliphatic rings. The number of carboxylic acid groups (broad SMARTS) is 1. The molecular weight excluding hydrogens is 519 g/mol. The average Bonchev–Trinajstić information content (AvgIpc) is 3.51. The summed E-state index contributed by atoms with van der Waals surface area (Å²) < 4.78 is 0. The quantitative estimate of drug-likeness (QED) is 0.555. The molecule has 1 aromatic carbocycles. The summed E-state index contributed by atoms with van der Waals surface area (Å²) in [5.41, 5.74) is 0.847. The fourth-order valence-electron chi connectivity index (χ4n) is 6.80. The standard InChI is InChI=1S/C23H20Cl2N2O5S2/c24-11-4-1-3-8(17(11)25)13-14-9-7-10(18(14)33-20-19(13)34-23(32)26-20)16-15(9)21(30)27(22(16)31)6-2-5-12(28)29/h1,3-4,9-10,13-16,18H,2,5-7H2,(H,26,32)(H,28,29). The predicted octanol–water partition coefficient (Wildman–Crippen LogP) is 4.08. The summed E-state index contributed by atoms with van der Waals surface area (Å²) in [7, 11) is 0. The zero-order chi connectivity index (χ0) is 23.9. The average molecular weight is 539 g/mol. The Labute approximate surface area is 212 Å². The van der Waals surface area contributed by atoms with E-state index in [-0.39, 0.29) is 70.9 Å². The van der Waals surface area contributed by atoms with Gasteiger partial charge in [-0.05, 0) is 42.2 Å². The highest BCUT2D eigenvalue weighted by atomic mass is 35.5. The minimum Gasteiger partial charge on any atom is -0.481 e. The zero-order valence-electron chi connectivity index (χ0n) is 17.7. The maximum atomic E-state index is 13.4. The second kappa shape index (κ2) is 8.11. The van der Waals surface area contributed by atoms with Gasteiger partial charge in [0.2, 0.25) is 11.8 Å². The molecule has 2 aliphatic heterocycles. The third-order valence-corrected chi connectivity index (χ3v) is 11.3. The molecule has 34 heavy (non-hydrogen) atoms. The number of rotatable bonds is 5. The van der Waals surface area contributed by atoms with Crippen LogP contribution in [0.3, 0.4) is 0 Å². The van der Waals surface area contributed by atoms with Crippen molar-refractivity contribution in [3.05, 3.63) is 48.4 Å². The number of nitrogens with zero attached hydrogens (tertiary/aromatic N) is 1. The molecule has 7 unspecified atom stereocenters. The number of imide groups is 1. The number of aromatic nitrogens is 1. The highest BCUT2D eigenvalue weighted by Gasteiger charge is 2.69. The Balaban J connectivity index is 1.40. The Bertz CT molecular complexity index is 1290. The van der Waals surface area contributed by atoms with Gasteiger partial charge in [0.05, 0.1) is 26.9 Å². The van der Waals surface area contributed by atoms with Crippen LogP contribution >= 0.6 is 46.3 Å². The van der Waals surface area contributed by atoms with E-state index in [1.807, 2.05) is 12.1 Å². The van der Waals surface area contributed by atoms with Crippen LogP contribution in [0.5, 0.6) is 0 Å². The lowest BCUT2D eigenvalue weighted by Gasteiger charge is -2.43. The molecule has 1 aromatic heterocycles. The van der Waals surface area contributed by atoms with Crippen molar-refractivity contribution in [3.63, 3.8) is 0 Å². The third kappa shape index (κ3) is 3.16. The van der Waals surface area contributed by atoms with Gasteiger partial charge in [0.15, 0.2) is 0 Å². The number of carboxylic acids is 1. The van der Waals surface area contributed by atoms with Crippen LogP contribution < -0.4 is 4.87 Å². The first-order chi connectivity index (χ1) is 16.3. The third-order valence-electron chi connectivity index (χ3n) is 7.90. The minimum absolute atomic E-state index is 0.0150. The Morgan fingerprint density at radius 3 is 2.62 bits per heavy atom. The molecular formula is C23H20Cl2N2O5S2. The van der Waals surface area contributed by atoms with E-state index in [0.717, 1.165) is 21.9 Å². The molecule has 2 aromatic rings. The summed E-state index contributed by atoms with van der Waals surface area (Å²) >= 11 is 15.8. The number of hydrogen-bond acceptors (Lipinski definition) is 6. The van der Waals surface area contributed by atoms with Crippen LogP contribution in [0.15, 0.2) is 28.0 Å². The summed E-state index contributed by atoms with van der Waals surface area (Å²) in [6, 6.07) is 5.51. The molecule has 1 saturated heterocycles. The lowest BCUT2D eigenvalue weighted by Crippen LogP contribution is -2.42. The Kier molecular flexibility index (Phi) is 5.40. The number of H-pyrrole nitrogens is 1. The Hall–Kier alpha value is -1.81. The number of fused-ring (bicyclic) bond motifs is 9. The van der Waals surface area contributed by atoms with Gasteiger partial charge in [-0.15, -0.1) is 11.8 Å². The van der Waals surface area contributed by atoms with Gasteiger partial charge in [0.1, 0.15) is 0 Å². The highest BCUT2D eigenvalue weighted by Crippen LogP contribution is 2.68. The van der Waals surface area contributed by atoms with Crippen molar-refractivity contribution in [1.29, 1.82) is 0 Å². The normalized spacial score (nSPS) is 33.2. The fourth-order valence-corrected chi connectivity index (χ4v) is 10.1.